The molecule has 0 fully saturated rings. The Hall–Kier alpha value is -2.53. The molecule has 2 amide bonds. The van der Waals surface area contributed by atoms with E-state index in [1.807, 2.05) is 54.6 Å². The topological polar surface area (TPSA) is 58.8 Å². The van der Waals surface area contributed by atoms with E-state index in [9.17, 15) is 4.79 Å². The van der Waals surface area contributed by atoms with E-state index < -0.39 is 6.03 Å². The van der Waals surface area contributed by atoms with Gasteiger partial charge in [-0.2, -0.15) is 0 Å². The molecule has 1 unspecified atom stereocenters. The minimum Gasteiger partial charge on any atom is -0.489 e. The average Bonchev–Trinajstić information content (AvgIpc) is 2.72. The quantitative estimate of drug-likeness (QED) is 0.614. The van der Waals surface area contributed by atoms with E-state index in [0.717, 1.165) is 42.9 Å². The number of nitrogens with two attached hydrogens (primary N) is 1. The zero-order valence-corrected chi connectivity index (χ0v) is 17.3. The van der Waals surface area contributed by atoms with E-state index in [-0.39, 0.29) is 0 Å². The van der Waals surface area contributed by atoms with E-state index in [0.29, 0.717) is 19.2 Å². The Balaban J connectivity index is 1.98. The summed E-state index contributed by atoms with van der Waals surface area (Å²) in [4.78, 5) is 16.0. The molecule has 0 bridgehead atoms. The molecule has 2 aromatic rings. The fraction of sp³-hybridized carbons (Fsp3) is 0.435. The third-order valence-electron chi connectivity index (χ3n) is 5.00. The summed E-state index contributed by atoms with van der Waals surface area (Å²) in [6.45, 7) is 9.50. The standard InChI is InChI=1S/C23H33N3O2/c1-4-15-25(19(3)5-2)16-17-26(23(24)27)21-11-13-22(14-12-21)28-18-20-9-7-6-8-10-20/h6-14,19H,4-5,15-18H2,1-3H3,(H2,24,27). The van der Waals surface area contributed by atoms with Crippen molar-refractivity contribution in [3.8, 4) is 5.75 Å². The van der Waals surface area contributed by atoms with Crippen LogP contribution in [-0.4, -0.2) is 36.6 Å². The third kappa shape index (κ3) is 6.57. The number of urea groups is 1. The van der Waals surface area contributed by atoms with Gasteiger partial charge in [-0.05, 0) is 56.1 Å². The van der Waals surface area contributed by atoms with Crippen LogP contribution in [0.15, 0.2) is 54.6 Å². The van der Waals surface area contributed by atoms with Gasteiger partial charge in [0, 0.05) is 24.8 Å². The van der Waals surface area contributed by atoms with Crippen LogP contribution in [0.2, 0.25) is 0 Å². The molecule has 2 rings (SSSR count). The predicted octanol–water partition coefficient (Wildman–Crippen LogP) is 4.66. The maximum absolute atomic E-state index is 12.0. The lowest BCUT2D eigenvalue weighted by Crippen LogP contribution is -2.44. The highest BCUT2D eigenvalue weighted by Crippen LogP contribution is 2.20. The van der Waals surface area contributed by atoms with Crippen molar-refractivity contribution < 1.29 is 9.53 Å². The average molecular weight is 384 g/mol. The number of carbonyl (C=O) groups excluding carboxylic acids is 1. The van der Waals surface area contributed by atoms with Crippen molar-refractivity contribution in [2.75, 3.05) is 24.5 Å². The highest BCUT2D eigenvalue weighted by molar-refractivity contribution is 5.90. The summed E-state index contributed by atoms with van der Waals surface area (Å²) >= 11 is 0. The second kappa shape index (κ2) is 11.3. The molecule has 1 atom stereocenters. The van der Waals surface area contributed by atoms with E-state index >= 15 is 0 Å². The number of carbonyl (C=O) groups is 1. The summed E-state index contributed by atoms with van der Waals surface area (Å²) in [5, 5.41) is 0. The van der Waals surface area contributed by atoms with E-state index in [1.165, 1.54) is 0 Å². The molecule has 0 aliphatic rings. The number of rotatable bonds is 11. The van der Waals surface area contributed by atoms with Gasteiger partial charge >= 0.3 is 6.03 Å². The molecule has 0 aliphatic heterocycles. The fourth-order valence-electron chi connectivity index (χ4n) is 3.16. The van der Waals surface area contributed by atoms with Crippen LogP contribution in [0.3, 0.4) is 0 Å². The zero-order chi connectivity index (χ0) is 20.4. The summed E-state index contributed by atoms with van der Waals surface area (Å²) in [5.74, 6) is 0.768. The summed E-state index contributed by atoms with van der Waals surface area (Å²) in [6.07, 6.45) is 2.18. The van der Waals surface area contributed by atoms with Crippen molar-refractivity contribution in [1.29, 1.82) is 0 Å². The first-order valence-corrected chi connectivity index (χ1v) is 10.1. The Morgan fingerprint density at radius 1 is 1.00 bits per heavy atom. The summed E-state index contributed by atoms with van der Waals surface area (Å²) in [7, 11) is 0. The van der Waals surface area contributed by atoms with Gasteiger partial charge in [0.1, 0.15) is 12.4 Å². The highest BCUT2D eigenvalue weighted by atomic mass is 16.5. The minimum absolute atomic E-state index is 0.432. The van der Waals surface area contributed by atoms with Crippen molar-refractivity contribution >= 4 is 11.7 Å². The maximum Gasteiger partial charge on any atom is 0.319 e. The molecule has 0 aromatic heterocycles. The Labute approximate surface area is 169 Å². The van der Waals surface area contributed by atoms with Crippen molar-refractivity contribution in [2.45, 2.75) is 46.3 Å². The van der Waals surface area contributed by atoms with Crippen LogP contribution in [0.1, 0.15) is 39.2 Å². The SMILES string of the molecule is CCCN(CCN(C(N)=O)c1ccc(OCc2ccccc2)cc1)C(C)CC. The van der Waals surface area contributed by atoms with Crippen LogP contribution in [0, 0.1) is 0 Å². The van der Waals surface area contributed by atoms with Gasteiger partial charge in [-0.25, -0.2) is 4.79 Å². The zero-order valence-electron chi connectivity index (χ0n) is 17.3. The van der Waals surface area contributed by atoms with Gasteiger partial charge in [-0.1, -0.05) is 44.2 Å². The molecular formula is C23H33N3O2. The lowest BCUT2D eigenvalue weighted by atomic mass is 10.2. The number of amides is 2. The van der Waals surface area contributed by atoms with Gasteiger partial charge in [0.05, 0.1) is 0 Å². The monoisotopic (exact) mass is 383 g/mol. The number of hydrogen-bond acceptors (Lipinski definition) is 3. The number of ether oxygens (including phenoxy) is 1. The second-order valence-electron chi connectivity index (χ2n) is 7.05. The molecule has 2 N–H and O–H groups in total. The fourth-order valence-corrected chi connectivity index (χ4v) is 3.16. The van der Waals surface area contributed by atoms with Gasteiger partial charge < -0.3 is 10.5 Å². The normalized spacial score (nSPS) is 12.0. The van der Waals surface area contributed by atoms with Crippen LogP contribution in [0.5, 0.6) is 5.75 Å². The number of benzene rings is 2. The summed E-state index contributed by atoms with van der Waals surface area (Å²) in [5.41, 5.74) is 7.56. The van der Waals surface area contributed by atoms with Crippen LogP contribution in [0.25, 0.3) is 0 Å². The lowest BCUT2D eigenvalue weighted by molar-refractivity contribution is 0.207. The van der Waals surface area contributed by atoms with Crippen LogP contribution in [-0.2, 0) is 6.61 Å². The van der Waals surface area contributed by atoms with Gasteiger partial charge in [0.15, 0.2) is 0 Å². The summed E-state index contributed by atoms with van der Waals surface area (Å²) < 4.78 is 5.82. The number of anilines is 1. The molecule has 152 valence electrons. The number of primary amides is 1. The Morgan fingerprint density at radius 2 is 1.68 bits per heavy atom. The first-order chi connectivity index (χ1) is 13.5. The minimum atomic E-state index is -0.432. The van der Waals surface area contributed by atoms with Crippen LogP contribution in [0.4, 0.5) is 10.5 Å². The van der Waals surface area contributed by atoms with Crippen molar-refractivity contribution in [3.63, 3.8) is 0 Å². The Kier molecular flexibility index (Phi) is 8.82. The molecule has 0 saturated carbocycles. The van der Waals surface area contributed by atoms with Crippen molar-refractivity contribution in [3.05, 3.63) is 60.2 Å². The molecule has 0 spiro atoms. The molecule has 28 heavy (non-hydrogen) atoms. The maximum atomic E-state index is 12.0. The van der Waals surface area contributed by atoms with Gasteiger partial charge in [0.25, 0.3) is 0 Å². The Morgan fingerprint density at radius 3 is 2.25 bits per heavy atom. The number of hydrogen-bond donors (Lipinski definition) is 1. The van der Waals surface area contributed by atoms with Crippen LogP contribution >= 0.6 is 0 Å². The molecule has 2 aromatic carbocycles. The smallest absolute Gasteiger partial charge is 0.319 e. The third-order valence-corrected chi connectivity index (χ3v) is 5.00. The number of nitrogens with zero attached hydrogens (tertiary/aromatic N) is 2. The molecule has 5 heteroatoms. The summed E-state index contributed by atoms with van der Waals surface area (Å²) in [6, 6.07) is 17.6. The van der Waals surface area contributed by atoms with Crippen molar-refractivity contribution in [2.24, 2.45) is 5.73 Å². The van der Waals surface area contributed by atoms with Crippen molar-refractivity contribution in [1.82, 2.24) is 4.90 Å². The van der Waals surface area contributed by atoms with Gasteiger partial charge in [-0.3, -0.25) is 9.80 Å². The molecular weight excluding hydrogens is 350 g/mol. The second-order valence-corrected chi connectivity index (χ2v) is 7.05. The highest BCUT2D eigenvalue weighted by Gasteiger charge is 2.17. The molecule has 0 heterocycles. The molecule has 5 nitrogen and oxygen atoms in total. The lowest BCUT2D eigenvalue weighted by Gasteiger charge is -2.30. The Bertz CT molecular complexity index is 704. The molecule has 0 saturated heterocycles. The van der Waals surface area contributed by atoms with Gasteiger partial charge in [-0.15, -0.1) is 0 Å². The predicted molar refractivity (Wildman–Crippen MR) is 116 cm³/mol. The first-order valence-electron chi connectivity index (χ1n) is 10.1. The van der Waals surface area contributed by atoms with Crippen LogP contribution < -0.4 is 15.4 Å². The van der Waals surface area contributed by atoms with E-state index in [2.05, 4.69) is 25.7 Å². The molecule has 0 aliphatic carbocycles. The van der Waals surface area contributed by atoms with Gasteiger partial charge in [0.2, 0.25) is 0 Å². The van der Waals surface area contributed by atoms with E-state index in [1.54, 1.807) is 4.90 Å². The largest absolute Gasteiger partial charge is 0.489 e. The molecule has 0 radical (unpaired) electrons. The van der Waals surface area contributed by atoms with E-state index in [4.69, 9.17) is 10.5 Å². The first kappa shape index (κ1) is 21.8.